The van der Waals surface area contributed by atoms with Crippen LogP contribution in [0.5, 0.6) is 0 Å². The average molecular weight is 140 g/mol. The highest BCUT2D eigenvalue weighted by Crippen LogP contribution is 2.79. The Labute approximate surface area is 48.0 Å². The lowest BCUT2D eigenvalue weighted by Gasteiger charge is -1.83. The van der Waals surface area contributed by atoms with Gasteiger partial charge in [0.1, 0.15) is 0 Å². The van der Waals surface area contributed by atoms with Gasteiger partial charge in [0, 0.05) is 0 Å². The van der Waals surface area contributed by atoms with E-state index < -0.39 is 0 Å². The summed E-state index contributed by atoms with van der Waals surface area (Å²) in [6.07, 6.45) is 1.38. The summed E-state index contributed by atoms with van der Waals surface area (Å²) >= 11 is 0. The van der Waals surface area contributed by atoms with E-state index in [1.807, 2.05) is 0 Å². The molecule has 0 radical (unpaired) electrons. The van der Waals surface area contributed by atoms with Crippen LogP contribution in [-0.2, 0) is 0 Å². The van der Waals surface area contributed by atoms with Crippen molar-refractivity contribution in [3.63, 3.8) is 0 Å². The largest absolute Gasteiger partial charge is 0.134 e. The smallest absolute Gasteiger partial charge is 0.00664 e. The van der Waals surface area contributed by atoms with E-state index >= 15 is 0 Å². The fraction of sp³-hybridized carbons (Fsp3) is 1.00. The van der Waals surface area contributed by atoms with Crippen molar-refractivity contribution in [2.45, 2.75) is 13.3 Å². The second kappa shape index (κ2) is 2.38. The molecule has 38 valence electrons. The first-order chi connectivity index (χ1) is 2.93. The maximum atomic E-state index is 2.25. The standard InChI is InChI=1S/C3H8S3/c1-2-3-6-4-5-6/h6H,2-3H2,1H3. The van der Waals surface area contributed by atoms with Crippen molar-refractivity contribution in [1.29, 1.82) is 0 Å². The molecule has 0 nitrogen and oxygen atoms in total. The Morgan fingerprint density at radius 3 is 2.33 bits per heavy atom. The summed E-state index contributed by atoms with van der Waals surface area (Å²) in [6, 6.07) is 0. The molecule has 0 aliphatic carbocycles. The molecule has 0 saturated carbocycles. The highest BCUT2D eigenvalue weighted by molar-refractivity contribution is 9.64. The van der Waals surface area contributed by atoms with Gasteiger partial charge in [0.25, 0.3) is 0 Å². The molecular formula is C3H8S3. The van der Waals surface area contributed by atoms with E-state index in [-0.39, 0.29) is 0 Å². The van der Waals surface area contributed by atoms with Crippen LogP contribution in [0.1, 0.15) is 13.3 Å². The highest BCUT2D eigenvalue weighted by atomic mass is 34.1. The van der Waals surface area contributed by atoms with Crippen LogP contribution in [0.25, 0.3) is 0 Å². The van der Waals surface area contributed by atoms with Crippen molar-refractivity contribution < 1.29 is 0 Å². The van der Waals surface area contributed by atoms with Crippen molar-refractivity contribution in [3.8, 4) is 0 Å². The Morgan fingerprint density at radius 1 is 1.50 bits per heavy atom. The van der Waals surface area contributed by atoms with Gasteiger partial charge in [-0.2, -0.15) is 0 Å². The van der Waals surface area contributed by atoms with Gasteiger partial charge in [0.2, 0.25) is 0 Å². The lowest BCUT2D eigenvalue weighted by Crippen LogP contribution is -1.63. The van der Waals surface area contributed by atoms with Gasteiger partial charge >= 0.3 is 0 Å². The van der Waals surface area contributed by atoms with E-state index in [0.717, 1.165) is 0 Å². The first-order valence-electron chi connectivity index (χ1n) is 2.06. The molecule has 0 aromatic carbocycles. The third-order valence-electron chi connectivity index (χ3n) is 0.586. The van der Waals surface area contributed by atoms with Gasteiger partial charge in [-0.3, -0.25) is 0 Å². The van der Waals surface area contributed by atoms with Crippen LogP contribution in [-0.4, -0.2) is 5.75 Å². The third kappa shape index (κ3) is 1.67. The van der Waals surface area contributed by atoms with E-state index in [1.165, 1.54) is 12.2 Å². The van der Waals surface area contributed by atoms with Crippen LogP contribution in [0.15, 0.2) is 0 Å². The molecule has 0 aromatic heterocycles. The SMILES string of the molecule is CCC[SH]1SS1. The predicted molar refractivity (Wildman–Crippen MR) is 39.3 cm³/mol. The third-order valence-corrected chi connectivity index (χ3v) is 7.17. The molecule has 1 fully saturated rings. The summed E-state index contributed by atoms with van der Waals surface area (Å²) in [7, 11) is 4.63. The molecule has 1 aliphatic rings. The van der Waals surface area contributed by atoms with Gasteiger partial charge in [-0.05, 0) is 31.8 Å². The maximum Gasteiger partial charge on any atom is -0.00664 e. The Bertz CT molecular complexity index is 41.3. The van der Waals surface area contributed by atoms with Gasteiger partial charge < -0.3 is 0 Å². The molecule has 0 spiro atoms. The minimum absolute atomic E-state index is 0.483. The van der Waals surface area contributed by atoms with Gasteiger partial charge in [0.05, 0.1) is 0 Å². The summed E-state index contributed by atoms with van der Waals surface area (Å²) in [5, 5.41) is 0. The Balaban J connectivity index is 1.88. The molecule has 0 amide bonds. The fourth-order valence-electron chi connectivity index (χ4n) is 0.281. The molecule has 0 atom stereocenters. The van der Waals surface area contributed by atoms with Crippen molar-refractivity contribution in [2.75, 3.05) is 5.75 Å². The summed E-state index contributed by atoms with van der Waals surface area (Å²) in [5.74, 6) is 1.48. The highest BCUT2D eigenvalue weighted by Gasteiger charge is 2.17. The summed E-state index contributed by atoms with van der Waals surface area (Å²) in [5.41, 5.74) is 0. The summed E-state index contributed by atoms with van der Waals surface area (Å²) < 4.78 is 0. The normalized spacial score (nSPS) is 24.5. The molecule has 0 unspecified atom stereocenters. The molecule has 1 heterocycles. The molecule has 0 bridgehead atoms. The topological polar surface area (TPSA) is 0 Å². The van der Waals surface area contributed by atoms with E-state index in [9.17, 15) is 0 Å². The number of hydrogen-bond acceptors (Lipinski definition) is 2. The fourth-order valence-corrected chi connectivity index (χ4v) is 5.56. The van der Waals surface area contributed by atoms with Crippen molar-refractivity contribution in [1.82, 2.24) is 0 Å². The summed E-state index contributed by atoms with van der Waals surface area (Å²) in [6.45, 7) is 2.25. The number of rotatable bonds is 2. The number of hydrogen-bond donors (Lipinski definition) is 1. The quantitative estimate of drug-likeness (QED) is 0.356. The first-order valence-corrected chi connectivity index (χ1v) is 6.94. The average Bonchev–Trinajstić information content (AvgIpc) is 2.21. The van der Waals surface area contributed by atoms with E-state index in [0.29, 0.717) is 8.96 Å². The van der Waals surface area contributed by atoms with E-state index in [1.54, 1.807) is 0 Å². The first kappa shape index (κ1) is 5.19. The van der Waals surface area contributed by atoms with Crippen LogP contribution in [0.4, 0.5) is 0 Å². The van der Waals surface area contributed by atoms with Crippen molar-refractivity contribution >= 4 is 28.6 Å². The molecule has 0 aromatic rings. The second-order valence-corrected chi connectivity index (χ2v) is 9.53. The van der Waals surface area contributed by atoms with Gasteiger partial charge in [-0.1, -0.05) is 6.92 Å². The minimum Gasteiger partial charge on any atom is -0.134 e. The van der Waals surface area contributed by atoms with Crippen LogP contribution < -0.4 is 0 Å². The van der Waals surface area contributed by atoms with Crippen LogP contribution in [0.3, 0.4) is 0 Å². The minimum atomic E-state index is 0.483. The zero-order chi connectivity index (χ0) is 4.41. The molecule has 0 N–H and O–H groups in total. The molecule has 1 saturated heterocycles. The van der Waals surface area contributed by atoms with Crippen LogP contribution >= 0.6 is 28.6 Å². The monoisotopic (exact) mass is 140 g/mol. The summed E-state index contributed by atoms with van der Waals surface area (Å²) in [4.78, 5) is 0. The van der Waals surface area contributed by atoms with Gasteiger partial charge in [-0.15, -0.1) is 8.96 Å². The molecule has 1 rings (SSSR count). The Hall–Kier alpha value is 1.05. The van der Waals surface area contributed by atoms with Crippen molar-refractivity contribution in [2.24, 2.45) is 0 Å². The molecule has 3 heteroatoms. The molecule has 6 heavy (non-hydrogen) atoms. The van der Waals surface area contributed by atoms with Crippen LogP contribution in [0, 0.1) is 0 Å². The zero-order valence-corrected chi connectivity index (χ0v) is 6.21. The number of thiol groups is 1. The van der Waals surface area contributed by atoms with E-state index in [2.05, 4.69) is 26.6 Å². The Kier molecular flexibility index (Phi) is 2.06. The maximum absolute atomic E-state index is 2.25. The van der Waals surface area contributed by atoms with Crippen LogP contribution in [0.2, 0.25) is 0 Å². The second-order valence-electron chi connectivity index (χ2n) is 1.21. The predicted octanol–water partition coefficient (Wildman–Crippen LogP) is 2.62. The lowest BCUT2D eigenvalue weighted by atomic mass is 10.6. The lowest BCUT2D eigenvalue weighted by molar-refractivity contribution is 1.11. The van der Waals surface area contributed by atoms with Gasteiger partial charge in [0.15, 0.2) is 0 Å². The van der Waals surface area contributed by atoms with E-state index in [4.69, 9.17) is 0 Å². The zero-order valence-electron chi connectivity index (χ0n) is 3.68. The Morgan fingerprint density at radius 2 is 2.17 bits per heavy atom. The van der Waals surface area contributed by atoms with Crippen molar-refractivity contribution in [3.05, 3.63) is 0 Å². The van der Waals surface area contributed by atoms with Gasteiger partial charge in [-0.25, -0.2) is 0 Å². The molecule has 1 aliphatic heterocycles. The molecular weight excluding hydrogens is 132 g/mol.